The molecule has 72 valence electrons. The van der Waals surface area contributed by atoms with Gasteiger partial charge in [-0.05, 0) is 19.3 Å². The van der Waals surface area contributed by atoms with E-state index >= 15 is 0 Å². The summed E-state index contributed by atoms with van der Waals surface area (Å²) in [6, 6.07) is -0.742. The van der Waals surface area contributed by atoms with Gasteiger partial charge >= 0.3 is 6.18 Å². The minimum atomic E-state index is -4.15. The van der Waals surface area contributed by atoms with Crippen molar-refractivity contribution in [3.8, 4) is 0 Å². The molecule has 12 heavy (non-hydrogen) atoms. The Kier molecular flexibility index (Phi) is 2.35. The van der Waals surface area contributed by atoms with Crippen LogP contribution in [-0.4, -0.2) is 23.9 Å². The zero-order valence-electron chi connectivity index (χ0n) is 6.56. The van der Waals surface area contributed by atoms with Crippen molar-refractivity contribution in [1.29, 1.82) is 0 Å². The third-order valence-corrected chi connectivity index (χ3v) is 2.34. The van der Waals surface area contributed by atoms with Gasteiger partial charge in [0.2, 0.25) is 0 Å². The Morgan fingerprint density at radius 1 is 1.42 bits per heavy atom. The van der Waals surface area contributed by atoms with Gasteiger partial charge in [-0.25, -0.2) is 0 Å². The summed E-state index contributed by atoms with van der Waals surface area (Å²) in [5, 5.41) is 8.50. The first-order chi connectivity index (χ1) is 5.41. The molecule has 1 fully saturated rings. The fourth-order valence-corrected chi connectivity index (χ4v) is 1.32. The van der Waals surface area contributed by atoms with E-state index < -0.39 is 17.6 Å². The van der Waals surface area contributed by atoms with Gasteiger partial charge in [-0.3, -0.25) is 0 Å². The van der Waals surface area contributed by atoms with Crippen molar-refractivity contribution in [2.24, 2.45) is 11.1 Å². The van der Waals surface area contributed by atoms with Gasteiger partial charge in [0.15, 0.2) is 0 Å². The molecular weight excluding hydrogens is 171 g/mol. The Balaban J connectivity index is 2.51. The van der Waals surface area contributed by atoms with E-state index in [1.807, 2.05) is 0 Å². The largest absolute Gasteiger partial charge is 0.395 e. The zero-order chi connectivity index (χ0) is 9.41. The number of rotatable bonds is 3. The summed E-state index contributed by atoms with van der Waals surface area (Å²) < 4.78 is 36.8. The third-order valence-electron chi connectivity index (χ3n) is 2.34. The summed E-state index contributed by atoms with van der Waals surface area (Å²) >= 11 is 0. The van der Waals surface area contributed by atoms with Crippen molar-refractivity contribution < 1.29 is 18.3 Å². The lowest BCUT2D eigenvalue weighted by molar-refractivity contribution is -0.190. The van der Waals surface area contributed by atoms with E-state index in [1.165, 1.54) is 0 Å². The zero-order valence-corrected chi connectivity index (χ0v) is 6.56. The normalized spacial score (nSPS) is 23.8. The number of hydrogen-bond acceptors (Lipinski definition) is 2. The van der Waals surface area contributed by atoms with Crippen molar-refractivity contribution in [1.82, 2.24) is 0 Å². The topological polar surface area (TPSA) is 46.2 Å². The van der Waals surface area contributed by atoms with Crippen LogP contribution in [0.3, 0.4) is 0 Å². The molecule has 1 saturated carbocycles. The van der Waals surface area contributed by atoms with Gasteiger partial charge in [0.05, 0.1) is 12.0 Å². The first kappa shape index (κ1) is 9.80. The highest BCUT2D eigenvalue weighted by atomic mass is 19.4. The van der Waals surface area contributed by atoms with E-state index in [4.69, 9.17) is 10.8 Å². The van der Waals surface area contributed by atoms with Gasteiger partial charge in [-0.2, -0.15) is 13.2 Å². The van der Waals surface area contributed by atoms with Crippen molar-refractivity contribution in [2.45, 2.75) is 31.5 Å². The second-order valence-electron chi connectivity index (χ2n) is 3.42. The van der Waals surface area contributed by atoms with Gasteiger partial charge in [0, 0.05) is 6.04 Å². The first-order valence-electron chi connectivity index (χ1n) is 3.84. The Hall–Kier alpha value is -0.290. The molecule has 1 aliphatic carbocycles. The molecule has 0 saturated heterocycles. The first-order valence-corrected chi connectivity index (χ1v) is 3.84. The maximum absolute atomic E-state index is 12.3. The number of alkyl halides is 3. The minimum absolute atomic E-state index is 0.146. The predicted octanol–water partition coefficient (Wildman–Crippen LogP) is 1.04. The lowest BCUT2D eigenvalue weighted by atomic mass is 9.97. The van der Waals surface area contributed by atoms with Crippen molar-refractivity contribution in [3.63, 3.8) is 0 Å². The smallest absolute Gasteiger partial charge is 0.394 e. The Morgan fingerprint density at radius 2 is 1.92 bits per heavy atom. The molecule has 3 N–H and O–H groups in total. The number of aliphatic hydroxyl groups excluding tert-OH is 1. The third kappa shape index (κ3) is 1.72. The van der Waals surface area contributed by atoms with E-state index in [9.17, 15) is 13.2 Å². The average Bonchev–Trinajstić information content (AvgIpc) is 2.67. The molecule has 0 aromatic heterocycles. The quantitative estimate of drug-likeness (QED) is 0.686. The summed E-state index contributed by atoms with van der Waals surface area (Å²) in [4.78, 5) is 0. The molecular formula is C7H12F3NO. The molecule has 1 rings (SSSR count). The summed E-state index contributed by atoms with van der Waals surface area (Å²) in [6.07, 6.45) is -3.98. The number of aliphatic hydroxyl groups is 1. The predicted molar refractivity (Wildman–Crippen MR) is 37.4 cm³/mol. The van der Waals surface area contributed by atoms with Crippen LogP contribution in [-0.2, 0) is 0 Å². The van der Waals surface area contributed by atoms with E-state index in [0.717, 1.165) is 0 Å². The minimum Gasteiger partial charge on any atom is -0.395 e. The monoisotopic (exact) mass is 183 g/mol. The van der Waals surface area contributed by atoms with Crippen LogP contribution in [0.5, 0.6) is 0 Å². The lowest BCUT2D eigenvalue weighted by Crippen LogP contribution is -2.34. The number of nitrogens with two attached hydrogens (primary N) is 1. The molecule has 1 atom stereocenters. The van der Waals surface area contributed by atoms with Crippen LogP contribution in [0.15, 0.2) is 0 Å². The maximum Gasteiger partial charge on any atom is 0.394 e. The highest BCUT2D eigenvalue weighted by Crippen LogP contribution is 2.60. The van der Waals surface area contributed by atoms with Crippen LogP contribution >= 0.6 is 0 Å². The maximum atomic E-state index is 12.3. The fourth-order valence-electron chi connectivity index (χ4n) is 1.32. The second kappa shape index (κ2) is 2.88. The van der Waals surface area contributed by atoms with Gasteiger partial charge in [0.1, 0.15) is 0 Å². The molecule has 0 radical (unpaired) electrons. The molecule has 0 aliphatic heterocycles. The van der Waals surface area contributed by atoms with Gasteiger partial charge in [-0.1, -0.05) is 0 Å². The molecule has 0 unspecified atom stereocenters. The van der Waals surface area contributed by atoms with Crippen LogP contribution in [0, 0.1) is 5.41 Å². The van der Waals surface area contributed by atoms with Crippen LogP contribution in [0.2, 0.25) is 0 Å². The molecule has 0 aromatic carbocycles. The van der Waals surface area contributed by atoms with E-state index in [1.54, 1.807) is 0 Å². The van der Waals surface area contributed by atoms with Gasteiger partial charge in [0.25, 0.3) is 0 Å². The summed E-state index contributed by atoms with van der Waals surface area (Å²) in [5.41, 5.74) is 3.67. The highest BCUT2D eigenvalue weighted by molar-refractivity contribution is 5.00. The molecule has 0 bridgehead atoms. The summed E-state index contributed by atoms with van der Waals surface area (Å²) in [5.74, 6) is 0. The Labute approximate surface area is 68.6 Å². The molecule has 0 spiro atoms. The fraction of sp³-hybridized carbons (Fsp3) is 1.00. The van der Waals surface area contributed by atoms with E-state index in [-0.39, 0.29) is 25.9 Å². The standard InChI is InChI=1S/C7H12F3NO/c8-7(9,10)6(1-2-6)3-5(11)4-12/h5,12H,1-4,11H2/t5-/m1/s1. The highest BCUT2D eigenvalue weighted by Gasteiger charge is 2.63. The number of hydrogen-bond donors (Lipinski definition) is 2. The Morgan fingerprint density at radius 3 is 2.17 bits per heavy atom. The van der Waals surface area contributed by atoms with Gasteiger partial charge < -0.3 is 10.8 Å². The second-order valence-corrected chi connectivity index (χ2v) is 3.42. The van der Waals surface area contributed by atoms with Crippen molar-refractivity contribution in [2.75, 3.05) is 6.61 Å². The molecule has 1 aliphatic rings. The average molecular weight is 183 g/mol. The van der Waals surface area contributed by atoms with Gasteiger partial charge in [-0.15, -0.1) is 0 Å². The molecule has 0 amide bonds. The van der Waals surface area contributed by atoms with Crippen LogP contribution in [0.4, 0.5) is 13.2 Å². The SMILES string of the molecule is N[C@@H](CO)CC1(C(F)(F)F)CC1. The number of halogens is 3. The molecule has 0 heterocycles. The van der Waals surface area contributed by atoms with Crippen LogP contribution in [0.25, 0.3) is 0 Å². The lowest BCUT2D eigenvalue weighted by Gasteiger charge is -2.21. The van der Waals surface area contributed by atoms with Crippen LogP contribution < -0.4 is 5.73 Å². The Bertz CT molecular complexity index is 165. The summed E-state index contributed by atoms with van der Waals surface area (Å²) in [7, 11) is 0. The molecule has 5 heteroatoms. The molecule has 2 nitrogen and oxygen atoms in total. The van der Waals surface area contributed by atoms with Crippen molar-refractivity contribution in [3.05, 3.63) is 0 Å². The van der Waals surface area contributed by atoms with E-state index in [0.29, 0.717) is 0 Å². The van der Waals surface area contributed by atoms with Crippen LogP contribution in [0.1, 0.15) is 19.3 Å². The van der Waals surface area contributed by atoms with E-state index in [2.05, 4.69) is 0 Å². The summed E-state index contributed by atoms with van der Waals surface area (Å²) in [6.45, 7) is -0.377. The van der Waals surface area contributed by atoms with Crippen molar-refractivity contribution >= 4 is 0 Å². The molecule has 0 aromatic rings.